The Hall–Kier alpha value is -9.08. The number of esters is 1. The summed E-state index contributed by atoms with van der Waals surface area (Å²) in [6, 6.07) is 24.4. The zero-order valence-corrected chi connectivity index (χ0v) is 44.1. The first-order valence-corrected chi connectivity index (χ1v) is 24.7. The lowest BCUT2D eigenvalue weighted by Gasteiger charge is -2.33. The van der Waals surface area contributed by atoms with Crippen molar-refractivity contribution in [2.75, 3.05) is 96.4 Å². The number of amides is 2. The number of hydrogen-bond acceptors (Lipinski definition) is 19. The molecule has 6 aromatic rings. The Kier molecular flexibility index (Phi) is 19.5. The molecule has 2 atom stereocenters. The average Bonchev–Trinajstić information content (AvgIpc) is 3.47. The van der Waals surface area contributed by atoms with Crippen molar-refractivity contribution in [1.82, 2.24) is 30.6 Å². The monoisotopic (exact) mass is 1060 g/mol. The number of nitrogens with one attached hydrogen (secondary N) is 4. The predicted octanol–water partition coefficient (Wildman–Crippen LogP) is 7.04. The summed E-state index contributed by atoms with van der Waals surface area (Å²) in [7, 11) is 10.6. The second kappa shape index (κ2) is 26.9. The molecule has 2 aliphatic rings. The van der Waals surface area contributed by atoms with Crippen LogP contribution in [0.2, 0.25) is 0 Å². The normalized spacial score (nSPS) is 14.8. The van der Waals surface area contributed by atoms with E-state index < -0.39 is 11.9 Å². The van der Waals surface area contributed by atoms with Gasteiger partial charge in [0.15, 0.2) is 23.0 Å². The van der Waals surface area contributed by atoms with E-state index in [1.165, 1.54) is 13.2 Å². The van der Waals surface area contributed by atoms with Crippen molar-refractivity contribution in [3.63, 3.8) is 0 Å². The molecule has 0 radical (unpaired) electrons. The van der Waals surface area contributed by atoms with Crippen LogP contribution in [0.15, 0.2) is 97.3 Å². The van der Waals surface area contributed by atoms with Crippen molar-refractivity contribution in [2.45, 2.75) is 38.8 Å². The second-order valence-electron chi connectivity index (χ2n) is 17.8. The Morgan fingerprint density at radius 3 is 1.36 bits per heavy atom. The number of carboxylic acids is 1. The van der Waals surface area contributed by atoms with Crippen LogP contribution in [0.25, 0.3) is 0 Å². The number of piperidine rings is 2. The molecular formula is C55H64N10O12. The highest BCUT2D eigenvalue weighted by atomic mass is 16.5. The van der Waals surface area contributed by atoms with Crippen LogP contribution in [0.1, 0.15) is 57.5 Å². The number of carbonyl (C=O) groups is 4. The number of aromatic nitrogens is 4. The first-order valence-electron chi connectivity index (χ1n) is 24.7. The molecule has 0 bridgehead atoms. The van der Waals surface area contributed by atoms with E-state index in [-0.39, 0.29) is 35.8 Å². The molecule has 4 aromatic carbocycles. The van der Waals surface area contributed by atoms with E-state index in [1.807, 2.05) is 18.2 Å². The highest BCUT2D eigenvalue weighted by molar-refractivity contribution is 5.89. The summed E-state index contributed by atoms with van der Waals surface area (Å²) in [6.45, 7) is 3.20. The summed E-state index contributed by atoms with van der Waals surface area (Å²) in [5, 5.41) is 21.5. The van der Waals surface area contributed by atoms with Gasteiger partial charge in [-0.05, 0) is 73.2 Å². The van der Waals surface area contributed by atoms with Crippen LogP contribution < -0.4 is 59.5 Å². The van der Waals surface area contributed by atoms with E-state index in [9.17, 15) is 24.3 Å². The third kappa shape index (κ3) is 14.6. The van der Waals surface area contributed by atoms with Crippen molar-refractivity contribution in [3.05, 3.63) is 120 Å². The second-order valence-corrected chi connectivity index (χ2v) is 17.8. The van der Waals surface area contributed by atoms with Gasteiger partial charge in [0, 0.05) is 87.3 Å². The van der Waals surface area contributed by atoms with E-state index in [4.69, 9.17) is 33.2 Å². The summed E-state index contributed by atoms with van der Waals surface area (Å²) in [4.78, 5) is 71.1. The Balaban J connectivity index is 0.000000224. The maximum Gasteiger partial charge on any atom is 0.337 e. The molecule has 0 aliphatic carbocycles. The fraction of sp³-hybridized carbons (Fsp3) is 0.345. The number of carbonyl (C=O) groups excluding carboxylic acids is 3. The van der Waals surface area contributed by atoms with Gasteiger partial charge in [0.1, 0.15) is 11.6 Å². The van der Waals surface area contributed by atoms with Gasteiger partial charge in [-0.15, -0.1) is 0 Å². The highest BCUT2D eigenvalue weighted by Gasteiger charge is 2.29. The van der Waals surface area contributed by atoms with Gasteiger partial charge >= 0.3 is 11.9 Å². The maximum atomic E-state index is 13.0. The first-order chi connectivity index (χ1) is 37.4. The molecule has 2 amide bonds. The van der Waals surface area contributed by atoms with Gasteiger partial charge in [-0.3, -0.25) is 9.59 Å². The number of nitrogens with zero attached hydrogens (tertiary/aromatic N) is 6. The molecule has 2 fully saturated rings. The van der Waals surface area contributed by atoms with Crippen LogP contribution in [0, 0.1) is 11.8 Å². The lowest BCUT2D eigenvalue weighted by molar-refractivity contribution is -0.126. The minimum Gasteiger partial charge on any atom is -0.493 e. The molecule has 5 N–H and O–H groups in total. The topological polar surface area (TPSA) is 259 Å². The maximum absolute atomic E-state index is 13.0. The van der Waals surface area contributed by atoms with Gasteiger partial charge in [0.25, 0.3) is 0 Å². The predicted molar refractivity (Wildman–Crippen MR) is 288 cm³/mol. The van der Waals surface area contributed by atoms with Crippen LogP contribution in [0.3, 0.4) is 0 Å². The summed E-state index contributed by atoms with van der Waals surface area (Å²) >= 11 is 0. The number of ether oxygens (including phenoxy) is 7. The third-order valence-electron chi connectivity index (χ3n) is 12.8. The van der Waals surface area contributed by atoms with Crippen LogP contribution >= 0.6 is 0 Å². The van der Waals surface area contributed by atoms with E-state index in [2.05, 4.69) is 51.0 Å². The fourth-order valence-corrected chi connectivity index (χ4v) is 8.94. The number of anilines is 6. The van der Waals surface area contributed by atoms with Crippen LogP contribution in [0.4, 0.5) is 34.9 Å². The zero-order valence-electron chi connectivity index (χ0n) is 44.1. The van der Waals surface area contributed by atoms with Crippen molar-refractivity contribution >= 4 is 58.7 Å². The molecular weight excluding hydrogens is 993 g/mol. The minimum atomic E-state index is -0.995. The molecule has 22 heteroatoms. The first kappa shape index (κ1) is 55.7. The van der Waals surface area contributed by atoms with Gasteiger partial charge in [-0.1, -0.05) is 24.3 Å². The number of rotatable bonds is 20. The minimum absolute atomic E-state index is 0.0343. The van der Waals surface area contributed by atoms with Crippen molar-refractivity contribution < 1.29 is 57.4 Å². The van der Waals surface area contributed by atoms with Crippen LogP contribution in [0.5, 0.6) is 34.5 Å². The Morgan fingerprint density at radius 2 is 0.974 bits per heavy atom. The van der Waals surface area contributed by atoms with Gasteiger partial charge in [0.2, 0.25) is 35.2 Å². The van der Waals surface area contributed by atoms with Gasteiger partial charge in [-0.25, -0.2) is 19.6 Å². The van der Waals surface area contributed by atoms with E-state index in [1.54, 1.807) is 116 Å². The van der Waals surface area contributed by atoms with Crippen LogP contribution in [-0.4, -0.2) is 125 Å². The number of hydrogen-bond donors (Lipinski definition) is 5. The standard InChI is InChI=1S/C28H33N5O6.C27H31N5O6/c1-36-22-14-21(15-23(37-2)25(22)38-3)31-28-29-11-10-24(32-28)33-12-6-9-20(17-33)26(34)30-16-18-7-5-8-19(13-18)27(35)39-4;1-36-21-13-20(14-22(37-2)24(21)38-3)30-27-28-10-9-23(31-27)32-11-5-8-19(16-32)25(33)29-15-17-6-4-7-18(12-17)26(34)35/h5,7-8,10-11,13-15,20H,6,9,12,16-17H2,1-4H3,(H,30,34)(H,29,31,32);4,6-7,9-10,12-14,19H,5,8,11,15-16H2,1-3H3,(H,29,33)(H,34,35)(H,28,30,31)/t20-;19-/m00/s1. The van der Waals surface area contributed by atoms with E-state index in [0.717, 1.165) is 55.7 Å². The van der Waals surface area contributed by atoms with Gasteiger partial charge in [-0.2, -0.15) is 9.97 Å². The van der Waals surface area contributed by atoms with Crippen LogP contribution in [-0.2, 0) is 27.4 Å². The Morgan fingerprint density at radius 1 is 0.558 bits per heavy atom. The summed E-state index contributed by atoms with van der Waals surface area (Å²) in [6.07, 6.45) is 6.59. The van der Waals surface area contributed by atoms with Gasteiger partial charge in [0.05, 0.1) is 72.7 Å². The van der Waals surface area contributed by atoms with Crippen molar-refractivity contribution in [1.29, 1.82) is 0 Å². The Labute approximate surface area is 446 Å². The number of carboxylic acid groups (broad SMARTS) is 1. The lowest BCUT2D eigenvalue weighted by Crippen LogP contribution is -2.43. The number of benzene rings is 4. The number of aromatic carboxylic acids is 1. The summed E-state index contributed by atoms with van der Waals surface area (Å²) in [5.74, 6) is 3.33. The molecule has 2 saturated heterocycles. The van der Waals surface area contributed by atoms with Crippen molar-refractivity contribution in [2.24, 2.45) is 11.8 Å². The number of methoxy groups -OCH3 is 7. The van der Waals surface area contributed by atoms with Gasteiger partial charge < -0.3 is 69.3 Å². The molecule has 77 heavy (non-hydrogen) atoms. The third-order valence-corrected chi connectivity index (χ3v) is 12.8. The summed E-state index contributed by atoms with van der Waals surface area (Å²) < 4.78 is 37.2. The molecule has 0 spiro atoms. The fourth-order valence-electron chi connectivity index (χ4n) is 8.94. The molecule has 22 nitrogen and oxygen atoms in total. The molecule has 2 aromatic heterocycles. The SMILES string of the molecule is COC(=O)c1cccc(CNC(=O)[C@H]2CCCN(c3ccnc(Nc4cc(OC)c(OC)c(OC)c4)n3)C2)c1.COc1cc(Nc2nccc(N3CCC[C@H](C(=O)NCc4cccc(C(=O)O)c4)C3)n2)cc(OC)c1OC. The summed E-state index contributed by atoms with van der Waals surface area (Å²) in [5.41, 5.74) is 3.56. The van der Waals surface area contributed by atoms with E-state index in [0.29, 0.717) is 88.8 Å². The molecule has 0 saturated carbocycles. The molecule has 2 aliphatic heterocycles. The highest BCUT2D eigenvalue weighted by Crippen LogP contribution is 2.42. The van der Waals surface area contributed by atoms with E-state index >= 15 is 0 Å². The molecule has 0 unspecified atom stereocenters. The Bertz CT molecular complexity index is 2970. The quantitative estimate of drug-likeness (QED) is 0.0480. The average molecular weight is 1060 g/mol. The molecule has 4 heterocycles. The smallest absolute Gasteiger partial charge is 0.337 e. The zero-order chi connectivity index (χ0) is 54.8. The van der Waals surface area contributed by atoms with Crippen molar-refractivity contribution in [3.8, 4) is 34.5 Å². The molecule has 406 valence electrons. The molecule has 8 rings (SSSR count). The lowest BCUT2D eigenvalue weighted by atomic mass is 9.97. The largest absolute Gasteiger partial charge is 0.493 e.